The summed E-state index contributed by atoms with van der Waals surface area (Å²) in [5.74, 6) is 1.01. The van der Waals surface area contributed by atoms with E-state index >= 15 is 0 Å². The van der Waals surface area contributed by atoms with Crippen LogP contribution in [-0.4, -0.2) is 19.7 Å². The molecule has 0 aromatic heterocycles. The number of hydrogen-bond donors (Lipinski definition) is 0. The maximum atomic E-state index is 11.5. The first-order valence-corrected chi connectivity index (χ1v) is 6.59. The molecule has 0 unspecified atom stereocenters. The lowest BCUT2D eigenvalue weighted by Crippen LogP contribution is -2.13. The van der Waals surface area contributed by atoms with E-state index in [1.54, 1.807) is 6.08 Å². The van der Waals surface area contributed by atoms with Crippen molar-refractivity contribution in [2.45, 2.75) is 33.1 Å². The predicted octanol–water partition coefficient (Wildman–Crippen LogP) is 3.46. The van der Waals surface area contributed by atoms with Crippen LogP contribution in [-0.2, 0) is 9.53 Å². The summed E-state index contributed by atoms with van der Waals surface area (Å²) in [6, 6.07) is 4.20. The maximum Gasteiger partial charge on any atom is 0.330 e. The molecule has 2 rings (SSSR count). The molecule has 3 nitrogen and oxygen atoms in total. The van der Waals surface area contributed by atoms with Crippen LogP contribution in [0.3, 0.4) is 0 Å². The Bertz CT molecular complexity index is 527. The molecule has 3 heteroatoms. The fourth-order valence-electron chi connectivity index (χ4n) is 2.44. The van der Waals surface area contributed by atoms with Crippen molar-refractivity contribution in [3.63, 3.8) is 0 Å². The van der Waals surface area contributed by atoms with Gasteiger partial charge >= 0.3 is 5.97 Å². The summed E-state index contributed by atoms with van der Waals surface area (Å²) >= 11 is 0. The van der Waals surface area contributed by atoms with Crippen LogP contribution in [0, 0.1) is 6.92 Å². The van der Waals surface area contributed by atoms with Crippen LogP contribution in [0.5, 0.6) is 5.75 Å². The lowest BCUT2D eigenvalue weighted by molar-refractivity contribution is -0.134. The van der Waals surface area contributed by atoms with E-state index < -0.39 is 0 Å². The van der Waals surface area contributed by atoms with E-state index in [-0.39, 0.29) is 5.97 Å². The summed E-state index contributed by atoms with van der Waals surface area (Å²) in [6.45, 7) is 6.95. The third-order valence-corrected chi connectivity index (χ3v) is 3.45. The molecule has 0 saturated heterocycles. The van der Waals surface area contributed by atoms with Crippen LogP contribution < -0.4 is 4.74 Å². The lowest BCUT2D eigenvalue weighted by atomic mass is 9.89. The SMILES string of the molecule is COC(=O)/C=C1\CCOc2c(C(C)C)ccc(C)c21. The van der Waals surface area contributed by atoms with Gasteiger partial charge in [0, 0.05) is 18.1 Å². The summed E-state index contributed by atoms with van der Waals surface area (Å²) in [5, 5.41) is 0. The standard InChI is InChI=1S/C16H20O3/c1-10(2)13-6-5-11(3)15-12(9-14(17)18-4)7-8-19-16(13)15/h5-6,9-10H,7-8H2,1-4H3/b12-9+. The van der Waals surface area contributed by atoms with E-state index in [0.717, 1.165) is 28.9 Å². The molecule has 0 aliphatic carbocycles. The fourth-order valence-corrected chi connectivity index (χ4v) is 2.44. The number of rotatable bonds is 2. The predicted molar refractivity (Wildman–Crippen MR) is 75.4 cm³/mol. The van der Waals surface area contributed by atoms with E-state index in [1.165, 1.54) is 12.7 Å². The molecular formula is C16H20O3. The smallest absolute Gasteiger partial charge is 0.330 e. The highest BCUT2D eigenvalue weighted by atomic mass is 16.5. The van der Waals surface area contributed by atoms with E-state index in [9.17, 15) is 4.79 Å². The van der Waals surface area contributed by atoms with Crippen molar-refractivity contribution in [3.05, 3.63) is 34.9 Å². The van der Waals surface area contributed by atoms with Crippen molar-refractivity contribution in [3.8, 4) is 5.75 Å². The number of carbonyl (C=O) groups is 1. The summed E-state index contributed by atoms with van der Waals surface area (Å²) in [5.41, 5.74) is 4.39. The van der Waals surface area contributed by atoms with Crippen LogP contribution in [0.25, 0.3) is 5.57 Å². The van der Waals surface area contributed by atoms with Crippen molar-refractivity contribution >= 4 is 11.5 Å². The van der Waals surface area contributed by atoms with Crippen LogP contribution in [0.2, 0.25) is 0 Å². The number of ether oxygens (including phenoxy) is 2. The number of benzene rings is 1. The van der Waals surface area contributed by atoms with Gasteiger partial charge in [0.05, 0.1) is 13.7 Å². The van der Waals surface area contributed by atoms with Crippen LogP contribution in [0.15, 0.2) is 18.2 Å². The van der Waals surface area contributed by atoms with Crippen LogP contribution in [0.1, 0.15) is 42.9 Å². The average molecular weight is 260 g/mol. The Hall–Kier alpha value is -1.77. The topological polar surface area (TPSA) is 35.5 Å². The van der Waals surface area contributed by atoms with Crippen molar-refractivity contribution in [2.24, 2.45) is 0 Å². The lowest BCUT2D eigenvalue weighted by Gasteiger charge is -2.25. The minimum Gasteiger partial charge on any atom is -0.492 e. The second-order valence-electron chi connectivity index (χ2n) is 5.12. The Balaban J connectivity index is 2.58. The van der Waals surface area contributed by atoms with E-state index in [2.05, 4.69) is 26.0 Å². The molecule has 1 aromatic carbocycles. The second-order valence-corrected chi connectivity index (χ2v) is 5.12. The van der Waals surface area contributed by atoms with Gasteiger partial charge in [-0.1, -0.05) is 26.0 Å². The van der Waals surface area contributed by atoms with E-state index in [1.807, 2.05) is 6.92 Å². The Morgan fingerprint density at radius 2 is 2.16 bits per heavy atom. The average Bonchev–Trinajstić information content (AvgIpc) is 2.38. The molecule has 0 atom stereocenters. The van der Waals surface area contributed by atoms with Gasteiger partial charge in [0.1, 0.15) is 5.75 Å². The van der Waals surface area contributed by atoms with Crippen molar-refractivity contribution in [1.29, 1.82) is 0 Å². The molecule has 0 bridgehead atoms. The van der Waals surface area contributed by atoms with E-state index in [4.69, 9.17) is 9.47 Å². The third-order valence-electron chi connectivity index (χ3n) is 3.45. The maximum absolute atomic E-state index is 11.5. The first kappa shape index (κ1) is 13.7. The van der Waals surface area contributed by atoms with Gasteiger partial charge in [-0.05, 0) is 29.5 Å². The molecule has 0 amide bonds. The molecule has 1 aromatic rings. The number of methoxy groups -OCH3 is 1. The number of esters is 1. The molecule has 0 fully saturated rings. The molecule has 102 valence electrons. The van der Waals surface area contributed by atoms with Gasteiger partial charge in [-0.25, -0.2) is 4.79 Å². The summed E-state index contributed by atoms with van der Waals surface area (Å²) in [7, 11) is 1.40. The highest BCUT2D eigenvalue weighted by molar-refractivity contribution is 5.93. The summed E-state index contributed by atoms with van der Waals surface area (Å²) in [6.07, 6.45) is 2.32. The van der Waals surface area contributed by atoms with Gasteiger partial charge in [-0.3, -0.25) is 0 Å². The number of fused-ring (bicyclic) bond motifs is 1. The van der Waals surface area contributed by atoms with Gasteiger partial charge in [-0.2, -0.15) is 0 Å². The Morgan fingerprint density at radius 1 is 1.42 bits per heavy atom. The quantitative estimate of drug-likeness (QED) is 0.603. The molecule has 0 N–H and O–H groups in total. The van der Waals surface area contributed by atoms with E-state index in [0.29, 0.717) is 12.5 Å². The van der Waals surface area contributed by atoms with Crippen molar-refractivity contribution in [2.75, 3.05) is 13.7 Å². The molecule has 0 spiro atoms. The Kier molecular flexibility index (Phi) is 3.93. The molecule has 0 saturated carbocycles. The minimum atomic E-state index is -0.308. The highest BCUT2D eigenvalue weighted by Gasteiger charge is 2.22. The fraction of sp³-hybridized carbons (Fsp3) is 0.438. The first-order valence-electron chi connectivity index (χ1n) is 6.59. The van der Waals surface area contributed by atoms with Crippen LogP contribution in [0.4, 0.5) is 0 Å². The van der Waals surface area contributed by atoms with Gasteiger partial charge in [0.25, 0.3) is 0 Å². The Labute approximate surface area is 114 Å². The molecule has 1 aliphatic heterocycles. The highest BCUT2D eigenvalue weighted by Crippen LogP contribution is 2.40. The number of aryl methyl sites for hydroxylation is 1. The molecule has 1 heterocycles. The third kappa shape index (κ3) is 2.65. The minimum absolute atomic E-state index is 0.308. The normalized spacial score (nSPS) is 16.2. The monoisotopic (exact) mass is 260 g/mol. The summed E-state index contributed by atoms with van der Waals surface area (Å²) < 4.78 is 10.6. The zero-order valence-corrected chi connectivity index (χ0v) is 11.9. The molecule has 19 heavy (non-hydrogen) atoms. The first-order chi connectivity index (χ1) is 9.04. The zero-order chi connectivity index (χ0) is 14.0. The Morgan fingerprint density at radius 3 is 2.79 bits per heavy atom. The van der Waals surface area contributed by atoms with Crippen LogP contribution >= 0.6 is 0 Å². The van der Waals surface area contributed by atoms with Gasteiger partial charge < -0.3 is 9.47 Å². The largest absolute Gasteiger partial charge is 0.492 e. The molecular weight excluding hydrogens is 240 g/mol. The number of carbonyl (C=O) groups excluding carboxylic acids is 1. The van der Waals surface area contributed by atoms with Crippen molar-refractivity contribution < 1.29 is 14.3 Å². The van der Waals surface area contributed by atoms with Gasteiger partial charge in [-0.15, -0.1) is 0 Å². The summed E-state index contributed by atoms with van der Waals surface area (Å²) in [4.78, 5) is 11.5. The van der Waals surface area contributed by atoms with Gasteiger partial charge in [0.2, 0.25) is 0 Å². The second kappa shape index (κ2) is 5.47. The molecule has 0 radical (unpaired) electrons. The van der Waals surface area contributed by atoms with Gasteiger partial charge in [0.15, 0.2) is 0 Å². The van der Waals surface area contributed by atoms with Crippen molar-refractivity contribution in [1.82, 2.24) is 0 Å². The number of hydrogen-bond acceptors (Lipinski definition) is 3. The zero-order valence-electron chi connectivity index (χ0n) is 11.9. The molecule has 1 aliphatic rings.